The van der Waals surface area contributed by atoms with Crippen LogP contribution in [0.1, 0.15) is 66.2 Å². The standard InChI is InChI=1S/C20H30O5/c1-11(2)20-10-12(21)14(22)15-17(3)7-5-8-18(4,16(23)24)13(17)6-9-19(15,20)25-20/h11-13,15,21H,5-10H2,1-4H3,(H,23,24)/t12-,13+,15+,17-,18-,19-,20-/m0/s1. The van der Waals surface area contributed by atoms with Gasteiger partial charge in [0, 0.05) is 6.42 Å². The van der Waals surface area contributed by atoms with Crippen molar-refractivity contribution in [1.82, 2.24) is 0 Å². The van der Waals surface area contributed by atoms with E-state index in [9.17, 15) is 19.8 Å². The number of hydrogen-bond acceptors (Lipinski definition) is 4. The number of fused-ring (bicyclic) bond motifs is 2. The van der Waals surface area contributed by atoms with Gasteiger partial charge in [-0.2, -0.15) is 0 Å². The molecule has 0 aromatic rings. The smallest absolute Gasteiger partial charge is 0.309 e. The van der Waals surface area contributed by atoms with Crippen LogP contribution in [0.4, 0.5) is 0 Å². The Morgan fingerprint density at radius 1 is 1.24 bits per heavy atom. The van der Waals surface area contributed by atoms with Crippen molar-refractivity contribution in [2.75, 3.05) is 0 Å². The number of carboxylic acids is 1. The largest absolute Gasteiger partial charge is 0.481 e. The van der Waals surface area contributed by atoms with Gasteiger partial charge in [-0.1, -0.05) is 27.2 Å². The second kappa shape index (κ2) is 4.86. The highest BCUT2D eigenvalue weighted by Gasteiger charge is 2.83. The van der Waals surface area contributed by atoms with Crippen molar-refractivity contribution in [3.8, 4) is 0 Å². The Morgan fingerprint density at radius 3 is 2.52 bits per heavy atom. The zero-order valence-electron chi connectivity index (χ0n) is 15.7. The topological polar surface area (TPSA) is 87.1 Å². The summed E-state index contributed by atoms with van der Waals surface area (Å²) < 4.78 is 6.37. The molecule has 25 heavy (non-hydrogen) atoms. The average Bonchev–Trinajstić information content (AvgIpc) is 3.15. The Bertz CT molecular complexity index is 644. The Balaban J connectivity index is 1.82. The van der Waals surface area contributed by atoms with Gasteiger partial charge in [0.2, 0.25) is 0 Å². The number of carbonyl (C=O) groups excluding carboxylic acids is 1. The summed E-state index contributed by atoms with van der Waals surface area (Å²) in [6.07, 6.45) is 3.22. The van der Waals surface area contributed by atoms with Crippen molar-refractivity contribution in [3.05, 3.63) is 0 Å². The maximum Gasteiger partial charge on any atom is 0.309 e. The van der Waals surface area contributed by atoms with Crippen LogP contribution in [0.3, 0.4) is 0 Å². The molecule has 0 bridgehead atoms. The second-order valence-corrected chi connectivity index (χ2v) is 9.76. The molecule has 1 spiro atoms. The highest BCUT2D eigenvalue weighted by molar-refractivity contribution is 5.90. The molecule has 0 amide bonds. The first-order valence-corrected chi connectivity index (χ1v) is 9.70. The fourth-order valence-corrected chi connectivity index (χ4v) is 7.26. The Kier molecular flexibility index (Phi) is 3.40. The third-order valence-corrected chi connectivity index (χ3v) is 8.48. The third kappa shape index (κ3) is 1.82. The Labute approximate surface area is 149 Å². The first-order valence-electron chi connectivity index (χ1n) is 9.70. The Morgan fingerprint density at radius 2 is 1.92 bits per heavy atom. The van der Waals surface area contributed by atoms with Crippen LogP contribution < -0.4 is 0 Å². The number of hydrogen-bond donors (Lipinski definition) is 2. The van der Waals surface area contributed by atoms with Crippen molar-refractivity contribution in [3.63, 3.8) is 0 Å². The number of carbonyl (C=O) groups is 2. The molecule has 0 radical (unpaired) electrons. The minimum absolute atomic E-state index is 0.0508. The monoisotopic (exact) mass is 350 g/mol. The zero-order chi connectivity index (χ0) is 18.4. The summed E-state index contributed by atoms with van der Waals surface area (Å²) in [7, 11) is 0. The molecule has 1 saturated heterocycles. The number of aliphatic hydroxyl groups is 1. The summed E-state index contributed by atoms with van der Waals surface area (Å²) in [5, 5.41) is 20.4. The molecular formula is C20H30O5. The van der Waals surface area contributed by atoms with Crippen LogP contribution >= 0.6 is 0 Å². The van der Waals surface area contributed by atoms with Crippen molar-refractivity contribution in [2.24, 2.45) is 28.6 Å². The van der Waals surface area contributed by atoms with Crippen molar-refractivity contribution in [2.45, 2.75) is 83.5 Å². The first-order chi connectivity index (χ1) is 11.6. The van der Waals surface area contributed by atoms with Gasteiger partial charge in [-0.25, -0.2) is 0 Å². The van der Waals surface area contributed by atoms with Crippen LogP contribution in [0.15, 0.2) is 0 Å². The lowest BCUT2D eigenvalue weighted by atomic mass is 9.42. The summed E-state index contributed by atoms with van der Waals surface area (Å²) in [6, 6.07) is 0. The predicted molar refractivity (Wildman–Crippen MR) is 90.9 cm³/mol. The highest BCUT2D eigenvalue weighted by Crippen LogP contribution is 2.74. The number of carboxylic acid groups (broad SMARTS) is 1. The van der Waals surface area contributed by atoms with E-state index in [1.54, 1.807) is 0 Å². The molecule has 3 aliphatic carbocycles. The lowest BCUT2D eigenvalue weighted by Gasteiger charge is -2.59. The van der Waals surface area contributed by atoms with E-state index in [2.05, 4.69) is 20.8 Å². The summed E-state index contributed by atoms with van der Waals surface area (Å²) in [5.74, 6) is -1.08. The molecule has 1 aliphatic heterocycles. The first kappa shape index (κ1) is 17.5. The van der Waals surface area contributed by atoms with Gasteiger partial charge in [0.25, 0.3) is 0 Å². The molecule has 4 aliphatic rings. The van der Waals surface area contributed by atoms with Crippen molar-refractivity contribution in [1.29, 1.82) is 0 Å². The molecule has 0 aromatic heterocycles. The molecular weight excluding hydrogens is 320 g/mol. The van der Waals surface area contributed by atoms with E-state index in [0.29, 0.717) is 12.8 Å². The van der Waals surface area contributed by atoms with Crippen LogP contribution in [0.2, 0.25) is 0 Å². The summed E-state index contributed by atoms with van der Waals surface area (Å²) >= 11 is 0. The van der Waals surface area contributed by atoms with E-state index in [1.165, 1.54) is 0 Å². The van der Waals surface area contributed by atoms with E-state index in [0.717, 1.165) is 25.7 Å². The number of rotatable bonds is 2. The third-order valence-electron chi connectivity index (χ3n) is 8.48. The van der Waals surface area contributed by atoms with Gasteiger partial charge >= 0.3 is 5.97 Å². The van der Waals surface area contributed by atoms with E-state index in [1.807, 2.05) is 6.92 Å². The number of ether oxygens (including phenoxy) is 1. The lowest BCUT2D eigenvalue weighted by molar-refractivity contribution is -0.178. The maximum atomic E-state index is 13.1. The maximum absolute atomic E-state index is 13.1. The molecule has 140 valence electrons. The quantitative estimate of drug-likeness (QED) is 0.748. The summed E-state index contributed by atoms with van der Waals surface area (Å²) in [5.41, 5.74) is -2.12. The molecule has 5 nitrogen and oxygen atoms in total. The van der Waals surface area contributed by atoms with Crippen molar-refractivity contribution >= 4 is 11.8 Å². The van der Waals surface area contributed by atoms with Crippen LogP contribution in [0, 0.1) is 28.6 Å². The van der Waals surface area contributed by atoms with Crippen LogP contribution in [0.25, 0.3) is 0 Å². The molecule has 4 fully saturated rings. The van der Waals surface area contributed by atoms with Crippen LogP contribution in [0.5, 0.6) is 0 Å². The van der Waals surface area contributed by atoms with Gasteiger partial charge < -0.3 is 14.9 Å². The normalized spacial score (nSPS) is 54.5. The lowest BCUT2D eigenvalue weighted by Crippen LogP contribution is -2.64. The molecule has 0 aromatic carbocycles. The minimum atomic E-state index is -0.989. The number of aliphatic carboxylic acids is 1. The molecule has 1 heterocycles. The molecule has 2 N–H and O–H groups in total. The van der Waals surface area contributed by atoms with Crippen molar-refractivity contribution < 1.29 is 24.5 Å². The molecule has 3 saturated carbocycles. The van der Waals surface area contributed by atoms with Gasteiger partial charge in [-0.05, 0) is 49.9 Å². The SMILES string of the molecule is CC(C)[C@@]12C[C@H](O)C(=O)[C@@H]3[C@@]4(C)CCC[C@](C)(C(=O)O)[C@@H]4CC[C@]31O2. The summed E-state index contributed by atoms with van der Waals surface area (Å²) in [6.45, 7) is 8.14. The second-order valence-electron chi connectivity index (χ2n) is 9.76. The number of epoxide rings is 1. The number of aliphatic hydroxyl groups excluding tert-OH is 1. The van der Waals surface area contributed by atoms with E-state index in [4.69, 9.17) is 4.74 Å². The molecule has 7 atom stereocenters. The van der Waals surface area contributed by atoms with Gasteiger partial charge in [0.1, 0.15) is 17.3 Å². The number of Topliss-reactive ketones (excluding diaryl/α,β-unsaturated/α-hetero) is 1. The predicted octanol–water partition coefficient (Wildman–Crippen LogP) is 2.79. The number of ketones is 1. The minimum Gasteiger partial charge on any atom is -0.481 e. The van der Waals surface area contributed by atoms with E-state index in [-0.39, 0.29) is 23.5 Å². The fourth-order valence-electron chi connectivity index (χ4n) is 7.26. The average molecular weight is 350 g/mol. The van der Waals surface area contributed by atoms with Gasteiger partial charge in [-0.15, -0.1) is 0 Å². The van der Waals surface area contributed by atoms with E-state index >= 15 is 0 Å². The highest BCUT2D eigenvalue weighted by atomic mass is 16.6. The molecule has 5 heteroatoms. The van der Waals surface area contributed by atoms with Gasteiger partial charge in [0.15, 0.2) is 5.78 Å². The summed E-state index contributed by atoms with van der Waals surface area (Å²) in [4.78, 5) is 25.2. The fraction of sp³-hybridized carbons (Fsp3) is 0.900. The van der Waals surface area contributed by atoms with Crippen LogP contribution in [-0.4, -0.2) is 39.3 Å². The van der Waals surface area contributed by atoms with Gasteiger partial charge in [-0.3, -0.25) is 9.59 Å². The van der Waals surface area contributed by atoms with E-state index < -0.39 is 34.1 Å². The van der Waals surface area contributed by atoms with Crippen LogP contribution in [-0.2, 0) is 14.3 Å². The Hall–Kier alpha value is -0.940. The molecule has 4 rings (SSSR count). The molecule has 0 unspecified atom stereocenters. The van der Waals surface area contributed by atoms with Gasteiger partial charge in [0.05, 0.1) is 11.3 Å². The zero-order valence-corrected chi connectivity index (χ0v) is 15.7.